The van der Waals surface area contributed by atoms with Gasteiger partial charge in [-0.25, -0.2) is 13.1 Å². The maximum atomic E-state index is 12.9. The number of nitrogens with zero attached hydrogens (tertiary/aromatic N) is 2. The van der Waals surface area contributed by atoms with Crippen molar-refractivity contribution < 1.29 is 8.42 Å². The van der Waals surface area contributed by atoms with Crippen LogP contribution in [-0.4, -0.2) is 64.5 Å². The molecule has 0 bridgehead atoms. The zero-order valence-electron chi connectivity index (χ0n) is 16.1. The Bertz CT molecular complexity index is 832. The highest BCUT2D eigenvalue weighted by atomic mass is 32.2. The minimum atomic E-state index is -3.56. The van der Waals surface area contributed by atoms with Gasteiger partial charge in [0.25, 0.3) is 0 Å². The third-order valence-electron chi connectivity index (χ3n) is 5.05. The van der Waals surface area contributed by atoms with Crippen LogP contribution in [0.25, 0.3) is 11.1 Å². The zero-order valence-corrected chi connectivity index (χ0v) is 17.0. The molecule has 0 radical (unpaired) electrons. The molecule has 1 aliphatic rings. The van der Waals surface area contributed by atoms with Crippen molar-refractivity contribution in [1.29, 1.82) is 0 Å². The Hall–Kier alpha value is -1.73. The van der Waals surface area contributed by atoms with E-state index in [0.717, 1.165) is 43.9 Å². The van der Waals surface area contributed by atoms with Crippen molar-refractivity contribution in [2.45, 2.75) is 11.8 Å². The molecule has 1 aliphatic heterocycles. The van der Waals surface area contributed by atoms with Crippen LogP contribution in [0.3, 0.4) is 0 Å². The predicted octanol–water partition coefficient (Wildman–Crippen LogP) is 2.52. The predicted molar refractivity (Wildman–Crippen MR) is 110 cm³/mol. The van der Waals surface area contributed by atoms with Gasteiger partial charge in [0.2, 0.25) is 10.0 Å². The molecule has 0 aliphatic carbocycles. The van der Waals surface area contributed by atoms with E-state index < -0.39 is 10.0 Å². The average Bonchev–Trinajstić information content (AvgIpc) is 2.69. The van der Waals surface area contributed by atoms with E-state index in [4.69, 9.17) is 0 Å². The summed E-state index contributed by atoms with van der Waals surface area (Å²) in [6.45, 7) is 7.69. The number of rotatable bonds is 7. The molecule has 1 fully saturated rings. The largest absolute Gasteiger partial charge is 0.304 e. The molecule has 1 unspecified atom stereocenters. The van der Waals surface area contributed by atoms with Crippen LogP contribution < -0.4 is 4.72 Å². The summed E-state index contributed by atoms with van der Waals surface area (Å²) in [7, 11) is -1.42. The van der Waals surface area contributed by atoms with Gasteiger partial charge in [-0.15, -0.1) is 0 Å². The second-order valence-electron chi connectivity index (χ2n) is 7.42. The van der Waals surface area contributed by atoms with Crippen LogP contribution >= 0.6 is 0 Å². The Labute approximate surface area is 163 Å². The summed E-state index contributed by atoms with van der Waals surface area (Å²) in [6.07, 6.45) is 0. The van der Waals surface area contributed by atoms with Crippen molar-refractivity contribution in [3.63, 3.8) is 0 Å². The van der Waals surface area contributed by atoms with Gasteiger partial charge >= 0.3 is 0 Å². The Morgan fingerprint density at radius 2 is 1.59 bits per heavy atom. The highest BCUT2D eigenvalue weighted by Crippen LogP contribution is 2.26. The molecule has 1 heterocycles. The summed E-state index contributed by atoms with van der Waals surface area (Å²) in [4.78, 5) is 5.07. The molecule has 3 rings (SSSR count). The van der Waals surface area contributed by atoms with Gasteiger partial charge in [0, 0.05) is 44.8 Å². The van der Waals surface area contributed by atoms with E-state index in [2.05, 4.69) is 28.5 Å². The van der Waals surface area contributed by atoms with Gasteiger partial charge in [-0.2, -0.15) is 0 Å². The molecule has 2 aromatic rings. The molecule has 1 saturated heterocycles. The summed E-state index contributed by atoms with van der Waals surface area (Å²) in [5, 5.41) is 0. The first-order valence-electron chi connectivity index (χ1n) is 9.51. The molecule has 146 valence electrons. The molecule has 0 aromatic heterocycles. The summed E-state index contributed by atoms with van der Waals surface area (Å²) < 4.78 is 28.7. The van der Waals surface area contributed by atoms with Gasteiger partial charge in [0.1, 0.15) is 0 Å². The van der Waals surface area contributed by atoms with Crippen LogP contribution in [-0.2, 0) is 10.0 Å². The molecule has 1 atom stereocenters. The van der Waals surface area contributed by atoms with Gasteiger partial charge in [-0.3, -0.25) is 0 Å². The number of sulfonamides is 1. The number of benzene rings is 2. The van der Waals surface area contributed by atoms with Crippen LogP contribution in [0.15, 0.2) is 59.5 Å². The van der Waals surface area contributed by atoms with Crippen molar-refractivity contribution in [1.82, 2.24) is 14.5 Å². The molecule has 1 N–H and O–H groups in total. The van der Waals surface area contributed by atoms with E-state index in [0.29, 0.717) is 11.4 Å². The van der Waals surface area contributed by atoms with Crippen molar-refractivity contribution in [2.24, 2.45) is 5.92 Å². The zero-order chi connectivity index (χ0) is 19.3. The van der Waals surface area contributed by atoms with Crippen molar-refractivity contribution >= 4 is 10.0 Å². The monoisotopic (exact) mass is 387 g/mol. The van der Waals surface area contributed by atoms with Crippen LogP contribution in [0.2, 0.25) is 0 Å². The molecule has 6 heteroatoms. The molecule has 0 saturated carbocycles. The van der Waals surface area contributed by atoms with Gasteiger partial charge < -0.3 is 9.80 Å². The summed E-state index contributed by atoms with van der Waals surface area (Å²) in [5.74, 6) is 0.257. The fourth-order valence-electron chi connectivity index (χ4n) is 3.42. The molecule has 0 amide bonds. The van der Waals surface area contributed by atoms with E-state index in [1.807, 2.05) is 42.5 Å². The third-order valence-corrected chi connectivity index (χ3v) is 6.53. The van der Waals surface area contributed by atoms with Crippen molar-refractivity contribution in [3.8, 4) is 11.1 Å². The van der Waals surface area contributed by atoms with E-state index in [1.54, 1.807) is 12.1 Å². The Morgan fingerprint density at radius 3 is 2.30 bits per heavy atom. The Morgan fingerprint density at radius 1 is 0.963 bits per heavy atom. The number of hydrogen-bond donors (Lipinski definition) is 1. The minimum absolute atomic E-state index is 0.257. The highest BCUT2D eigenvalue weighted by molar-refractivity contribution is 7.89. The van der Waals surface area contributed by atoms with Crippen LogP contribution in [0.4, 0.5) is 0 Å². The highest BCUT2D eigenvalue weighted by Gasteiger charge is 2.21. The maximum absolute atomic E-state index is 12.9. The Kier molecular flexibility index (Phi) is 6.65. The lowest BCUT2D eigenvalue weighted by molar-refractivity contribution is 0.139. The second kappa shape index (κ2) is 8.97. The third kappa shape index (κ3) is 5.39. The normalized spacial score (nSPS) is 17.7. The molecule has 2 aromatic carbocycles. The maximum Gasteiger partial charge on any atom is 0.241 e. The van der Waals surface area contributed by atoms with Crippen molar-refractivity contribution in [3.05, 3.63) is 54.6 Å². The fraction of sp³-hybridized carbons (Fsp3) is 0.429. The van der Waals surface area contributed by atoms with E-state index >= 15 is 0 Å². The van der Waals surface area contributed by atoms with Gasteiger partial charge in [0.05, 0.1) is 4.90 Å². The van der Waals surface area contributed by atoms with Crippen LogP contribution in [0.5, 0.6) is 0 Å². The molecule has 5 nitrogen and oxygen atoms in total. The summed E-state index contributed by atoms with van der Waals surface area (Å²) in [6, 6.07) is 16.8. The second-order valence-corrected chi connectivity index (χ2v) is 9.16. The van der Waals surface area contributed by atoms with E-state index in [9.17, 15) is 8.42 Å². The SMILES string of the molecule is CC(CNS(=O)(=O)c1ccccc1-c1ccccc1)CN1CCN(C)CC1. The number of hydrogen-bond acceptors (Lipinski definition) is 4. The van der Waals surface area contributed by atoms with E-state index in [-0.39, 0.29) is 5.92 Å². The topological polar surface area (TPSA) is 52.7 Å². The minimum Gasteiger partial charge on any atom is -0.304 e. The lowest BCUT2D eigenvalue weighted by atomic mass is 10.1. The molecule has 0 spiro atoms. The van der Waals surface area contributed by atoms with Gasteiger partial charge in [-0.1, -0.05) is 55.5 Å². The fourth-order valence-corrected chi connectivity index (χ4v) is 4.82. The first kappa shape index (κ1) is 20.0. The number of piperazine rings is 1. The first-order chi connectivity index (χ1) is 13.0. The summed E-state index contributed by atoms with van der Waals surface area (Å²) >= 11 is 0. The Balaban J connectivity index is 1.65. The van der Waals surface area contributed by atoms with Crippen LogP contribution in [0, 0.1) is 5.92 Å². The van der Waals surface area contributed by atoms with Gasteiger partial charge in [-0.05, 0) is 24.6 Å². The number of nitrogens with one attached hydrogen (secondary N) is 1. The average molecular weight is 388 g/mol. The van der Waals surface area contributed by atoms with E-state index in [1.165, 1.54) is 0 Å². The molecule has 27 heavy (non-hydrogen) atoms. The first-order valence-corrected chi connectivity index (χ1v) is 11.0. The molecular weight excluding hydrogens is 358 g/mol. The lowest BCUT2D eigenvalue weighted by Crippen LogP contribution is -2.46. The van der Waals surface area contributed by atoms with Crippen molar-refractivity contribution in [2.75, 3.05) is 46.3 Å². The van der Waals surface area contributed by atoms with Crippen LogP contribution in [0.1, 0.15) is 6.92 Å². The number of likely N-dealkylation sites (N-methyl/N-ethyl adjacent to an activating group) is 1. The quantitative estimate of drug-likeness (QED) is 0.793. The summed E-state index contributed by atoms with van der Waals surface area (Å²) in [5.41, 5.74) is 1.64. The smallest absolute Gasteiger partial charge is 0.241 e. The standard InChI is InChI=1S/C21H29N3O2S/c1-18(17-24-14-12-23(2)13-15-24)16-22-27(25,26)21-11-7-6-10-20(21)19-8-4-3-5-9-19/h3-11,18,22H,12-17H2,1-2H3. The molecular formula is C21H29N3O2S. The van der Waals surface area contributed by atoms with Gasteiger partial charge in [0.15, 0.2) is 0 Å². The lowest BCUT2D eigenvalue weighted by Gasteiger charge is -2.33.